The Morgan fingerprint density at radius 1 is 1.33 bits per heavy atom. The zero-order chi connectivity index (χ0) is 15.2. The second kappa shape index (κ2) is 7.37. The van der Waals surface area contributed by atoms with Gasteiger partial charge in [-0.2, -0.15) is 0 Å². The van der Waals surface area contributed by atoms with Crippen molar-refractivity contribution in [1.82, 2.24) is 0 Å². The summed E-state index contributed by atoms with van der Waals surface area (Å²) < 4.78 is 0. The molecule has 0 bridgehead atoms. The minimum atomic E-state index is 0.262. The molecule has 110 valence electrons. The Hall–Kier alpha value is -1.67. The van der Waals surface area contributed by atoms with Gasteiger partial charge in [0.15, 0.2) is 0 Å². The molecule has 1 unspecified atom stereocenters. The number of benzene rings is 1. The van der Waals surface area contributed by atoms with Crippen LogP contribution in [0.3, 0.4) is 0 Å². The maximum absolute atomic E-state index is 6.33. The van der Waals surface area contributed by atoms with E-state index in [4.69, 9.17) is 5.73 Å². The van der Waals surface area contributed by atoms with Crippen LogP contribution < -0.4 is 5.73 Å². The average molecular weight is 297 g/mol. The van der Waals surface area contributed by atoms with Gasteiger partial charge in [0, 0.05) is 17.9 Å². The van der Waals surface area contributed by atoms with Crippen LogP contribution in [0.15, 0.2) is 77.6 Å². The molecule has 1 atom stereocenters. The van der Waals surface area contributed by atoms with Gasteiger partial charge in [0.25, 0.3) is 0 Å². The van der Waals surface area contributed by atoms with Gasteiger partial charge in [-0.15, -0.1) is 11.8 Å². The number of hydrogen-bond donors (Lipinski definition) is 1. The summed E-state index contributed by atoms with van der Waals surface area (Å²) in [5.41, 5.74) is 12.3. The summed E-state index contributed by atoms with van der Waals surface area (Å²) in [7, 11) is 0. The summed E-state index contributed by atoms with van der Waals surface area (Å²) in [6.07, 6.45) is 7.33. The van der Waals surface area contributed by atoms with Crippen molar-refractivity contribution in [3.05, 3.63) is 83.1 Å². The van der Waals surface area contributed by atoms with Gasteiger partial charge in [-0.1, -0.05) is 66.3 Å². The maximum atomic E-state index is 6.33. The van der Waals surface area contributed by atoms with Gasteiger partial charge in [0.1, 0.15) is 0 Å². The molecule has 2 rings (SSSR count). The van der Waals surface area contributed by atoms with E-state index in [1.807, 2.05) is 11.8 Å². The van der Waals surface area contributed by atoms with Crippen molar-refractivity contribution in [2.75, 3.05) is 5.75 Å². The monoisotopic (exact) mass is 297 g/mol. The van der Waals surface area contributed by atoms with Crippen molar-refractivity contribution in [1.29, 1.82) is 0 Å². The normalized spacial score (nSPS) is 16.4. The van der Waals surface area contributed by atoms with Crippen LogP contribution in [0.4, 0.5) is 0 Å². The molecule has 0 aliphatic heterocycles. The van der Waals surface area contributed by atoms with E-state index in [-0.39, 0.29) is 5.25 Å². The van der Waals surface area contributed by atoms with E-state index >= 15 is 0 Å². The second-order valence-electron chi connectivity index (χ2n) is 5.53. The van der Waals surface area contributed by atoms with Crippen LogP contribution >= 0.6 is 11.8 Å². The SMILES string of the molecule is C=C(C)CSC(C1=C(N)CC=CC(C)=C1)c1ccccc1. The summed E-state index contributed by atoms with van der Waals surface area (Å²) in [6, 6.07) is 10.6. The number of rotatable bonds is 5. The predicted octanol–water partition coefficient (Wildman–Crippen LogP) is 5.16. The first kappa shape index (κ1) is 15.7. The van der Waals surface area contributed by atoms with Gasteiger partial charge in [0.2, 0.25) is 0 Å². The lowest BCUT2D eigenvalue weighted by molar-refractivity contribution is 1.05. The highest BCUT2D eigenvalue weighted by Crippen LogP contribution is 2.39. The largest absolute Gasteiger partial charge is 0.402 e. The maximum Gasteiger partial charge on any atom is 0.0566 e. The minimum absolute atomic E-state index is 0.262. The molecule has 2 N–H and O–H groups in total. The molecule has 0 radical (unpaired) electrons. The molecule has 0 heterocycles. The summed E-state index contributed by atoms with van der Waals surface area (Å²) in [5.74, 6) is 0.941. The van der Waals surface area contributed by atoms with Crippen LogP contribution in [0.5, 0.6) is 0 Å². The quantitative estimate of drug-likeness (QED) is 0.760. The lowest BCUT2D eigenvalue weighted by atomic mass is 10.0. The molecule has 0 aromatic heterocycles. The van der Waals surface area contributed by atoms with Gasteiger partial charge >= 0.3 is 0 Å². The molecular weight excluding hydrogens is 274 g/mol. The van der Waals surface area contributed by atoms with E-state index < -0.39 is 0 Å². The van der Waals surface area contributed by atoms with Gasteiger partial charge in [-0.05, 0) is 25.0 Å². The summed E-state index contributed by atoms with van der Waals surface area (Å²) >= 11 is 1.89. The molecule has 1 aliphatic carbocycles. The lowest BCUT2D eigenvalue weighted by Gasteiger charge is -2.21. The fourth-order valence-electron chi connectivity index (χ4n) is 2.34. The first-order valence-corrected chi connectivity index (χ1v) is 8.27. The molecule has 1 nitrogen and oxygen atoms in total. The summed E-state index contributed by atoms with van der Waals surface area (Å²) in [6.45, 7) is 8.22. The van der Waals surface area contributed by atoms with Crippen molar-refractivity contribution < 1.29 is 0 Å². The van der Waals surface area contributed by atoms with Crippen molar-refractivity contribution in [2.24, 2.45) is 5.73 Å². The third-order valence-corrected chi connectivity index (χ3v) is 4.87. The number of hydrogen-bond acceptors (Lipinski definition) is 2. The fraction of sp³-hybridized carbons (Fsp3) is 0.263. The first-order valence-electron chi connectivity index (χ1n) is 7.22. The van der Waals surface area contributed by atoms with Crippen molar-refractivity contribution in [3.8, 4) is 0 Å². The van der Waals surface area contributed by atoms with E-state index in [1.54, 1.807) is 0 Å². The Morgan fingerprint density at radius 3 is 2.71 bits per heavy atom. The Labute approximate surface area is 132 Å². The standard InChI is InChI=1S/C19H23NS/c1-14(2)13-21-19(16-9-5-4-6-10-16)17-12-15(3)8-7-11-18(17)20/h4-10,12,19H,1,11,13,20H2,2-3H3. The first-order chi connectivity index (χ1) is 10.1. The highest BCUT2D eigenvalue weighted by atomic mass is 32.2. The van der Waals surface area contributed by atoms with Crippen molar-refractivity contribution in [3.63, 3.8) is 0 Å². The second-order valence-corrected chi connectivity index (χ2v) is 6.63. The summed E-state index contributed by atoms with van der Waals surface area (Å²) in [4.78, 5) is 0. The Morgan fingerprint density at radius 2 is 2.05 bits per heavy atom. The number of allylic oxidation sites excluding steroid dienone is 4. The smallest absolute Gasteiger partial charge is 0.0566 e. The van der Waals surface area contributed by atoms with Crippen LogP contribution in [0, 0.1) is 0 Å². The molecule has 1 aromatic carbocycles. The molecule has 21 heavy (non-hydrogen) atoms. The highest BCUT2D eigenvalue weighted by molar-refractivity contribution is 7.99. The lowest BCUT2D eigenvalue weighted by Crippen LogP contribution is -2.07. The van der Waals surface area contributed by atoms with Crippen LogP contribution in [0.25, 0.3) is 0 Å². The van der Waals surface area contributed by atoms with Gasteiger partial charge in [-0.3, -0.25) is 0 Å². The fourth-order valence-corrected chi connectivity index (χ4v) is 3.54. The Kier molecular flexibility index (Phi) is 5.51. The highest BCUT2D eigenvalue weighted by Gasteiger charge is 2.19. The number of thioether (sulfide) groups is 1. The number of nitrogens with two attached hydrogens (primary N) is 1. The van der Waals surface area contributed by atoms with E-state index in [2.05, 4.69) is 69.0 Å². The molecule has 0 fully saturated rings. The van der Waals surface area contributed by atoms with Crippen LogP contribution in [-0.4, -0.2) is 5.75 Å². The van der Waals surface area contributed by atoms with Gasteiger partial charge in [0.05, 0.1) is 5.25 Å². The zero-order valence-corrected chi connectivity index (χ0v) is 13.6. The third-order valence-electron chi connectivity index (χ3n) is 3.35. The summed E-state index contributed by atoms with van der Waals surface area (Å²) in [5, 5.41) is 0.262. The van der Waals surface area contributed by atoms with E-state index in [0.29, 0.717) is 0 Å². The zero-order valence-electron chi connectivity index (χ0n) is 12.8. The minimum Gasteiger partial charge on any atom is -0.402 e. The van der Waals surface area contributed by atoms with E-state index in [9.17, 15) is 0 Å². The molecule has 0 spiro atoms. The molecule has 1 aromatic rings. The molecule has 0 saturated carbocycles. The average Bonchev–Trinajstić information content (AvgIpc) is 2.62. The van der Waals surface area contributed by atoms with Crippen LogP contribution in [0.2, 0.25) is 0 Å². The van der Waals surface area contributed by atoms with Crippen molar-refractivity contribution in [2.45, 2.75) is 25.5 Å². The van der Waals surface area contributed by atoms with Gasteiger partial charge in [-0.25, -0.2) is 0 Å². The van der Waals surface area contributed by atoms with E-state index in [0.717, 1.165) is 17.9 Å². The third kappa shape index (κ3) is 4.40. The topological polar surface area (TPSA) is 26.0 Å². The van der Waals surface area contributed by atoms with E-state index in [1.165, 1.54) is 22.3 Å². The molecule has 0 saturated heterocycles. The Bertz CT molecular complexity index is 593. The molecule has 1 aliphatic rings. The molecular formula is C19H23NS. The van der Waals surface area contributed by atoms with Crippen LogP contribution in [-0.2, 0) is 0 Å². The van der Waals surface area contributed by atoms with Crippen molar-refractivity contribution >= 4 is 11.8 Å². The molecule has 0 amide bonds. The van der Waals surface area contributed by atoms with Crippen LogP contribution in [0.1, 0.15) is 31.1 Å². The molecule has 2 heteroatoms. The predicted molar refractivity (Wildman–Crippen MR) is 95.2 cm³/mol. The van der Waals surface area contributed by atoms with Gasteiger partial charge < -0.3 is 5.73 Å². The Balaban J connectivity index is 2.39.